The third-order valence-electron chi connectivity index (χ3n) is 2.81. The average Bonchev–Trinajstić information content (AvgIpc) is 2.52. The predicted molar refractivity (Wildman–Crippen MR) is 84.1 cm³/mol. The molecule has 118 valence electrons. The Morgan fingerprint density at radius 3 is 2.87 bits per heavy atom. The Kier molecular flexibility index (Phi) is 3.89. The molecule has 23 heavy (non-hydrogen) atoms. The van der Waals surface area contributed by atoms with E-state index in [9.17, 15) is 8.42 Å². The molecule has 0 atom stereocenters. The highest BCUT2D eigenvalue weighted by atomic mass is 32.2. The Balaban J connectivity index is 1.70. The van der Waals surface area contributed by atoms with Gasteiger partial charge in [0.25, 0.3) is 0 Å². The van der Waals surface area contributed by atoms with Gasteiger partial charge in [-0.25, -0.2) is 14.7 Å². The van der Waals surface area contributed by atoms with E-state index in [1.807, 2.05) is 30.3 Å². The lowest BCUT2D eigenvalue weighted by Gasteiger charge is -2.13. The van der Waals surface area contributed by atoms with Crippen LogP contribution < -0.4 is 10.5 Å². The Morgan fingerprint density at radius 2 is 2.09 bits per heavy atom. The average molecular weight is 332 g/mol. The SMILES string of the molecule is NC1=NS(=O)(=O)Nc2ncc(/C=N\OCc3ccccc3)nc21. The van der Waals surface area contributed by atoms with Gasteiger partial charge in [-0.05, 0) is 5.56 Å². The molecule has 1 aliphatic heterocycles. The van der Waals surface area contributed by atoms with Crippen LogP contribution in [0.25, 0.3) is 0 Å². The molecule has 3 rings (SSSR count). The summed E-state index contributed by atoms with van der Waals surface area (Å²) in [6.07, 6.45) is 2.70. The molecule has 9 nitrogen and oxygen atoms in total. The van der Waals surface area contributed by atoms with E-state index in [-0.39, 0.29) is 17.3 Å². The molecule has 3 N–H and O–H groups in total. The molecule has 2 aromatic rings. The molecule has 0 fully saturated rings. The lowest BCUT2D eigenvalue weighted by molar-refractivity contribution is 0.132. The molecule has 2 heterocycles. The van der Waals surface area contributed by atoms with Crippen LogP contribution in [0.4, 0.5) is 5.82 Å². The molecular weight excluding hydrogens is 320 g/mol. The summed E-state index contributed by atoms with van der Waals surface area (Å²) in [5.74, 6) is -0.202. The van der Waals surface area contributed by atoms with E-state index in [1.165, 1.54) is 12.4 Å². The normalized spacial score (nSPS) is 15.6. The van der Waals surface area contributed by atoms with E-state index in [4.69, 9.17) is 10.6 Å². The highest BCUT2D eigenvalue weighted by Crippen LogP contribution is 2.17. The zero-order chi connectivity index (χ0) is 16.3. The van der Waals surface area contributed by atoms with E-state index < -0.39 is 10.2 Å². The van der Waals surface area contributed by atoms with Gasteiger partial charge in [0.2, 0.25) is 0 Å². The second-order valence-electron chi connectivity index (χ2n) is 4.54. The number of oxime groups is 1. The van der Waals surface area contributed by atoms with Gasteiger partial charge >= 0.3 is 10.2 Å². The largest absolute Gasteiger partial charge is 0.391 e. The van der Waals surface area contributed by atoms with Crippen LogP contribution in [-0.4, -0.2) is 30.4 Å². The summed E-state index contributed by atoms with van der Waals surface area (Å²) in [6, 6.07) is 9.55. The van der Waals surface area contributed by atoms with Crippen molar-refractivity contribution in [2.24, 2.45) is 15.3 Å². The van der Waals surface area contributed by atoms with Gasteiger partial charge in [-0.2, -0.15) is 8.42 Å². The molecule has 1 aromatic heterocycles. The maximum absolute atomic E-state index is 11.4. The van der Waals surface area contributed by atoms with E-state index in [0.717, 1.165) is 5.56 Å². The third-order valence-corrected chi connectivity index (χ3v) is 3.70. The highest BCUT2D eigenvalue weighted by Gasteiger charge is 2.23. The number of fused-ring (bicyclic) bond motifs is 1. The fourth-order valence-electron chi connectivity index (χ4n) is 1.81. The van der Waals surface area contributed by atoms with Gasteiger partial charge in [-0.1, -0.05) is 35.5 Å². The number of nitrogens with zero attached hydrogens (tertiary/aromatic N) is 4. The standard InChI is InChI=1S/C13H12N6O3S/c14-12-11-13(19-23(20,21)18-12)15-6-10(17-11)7-16-22-8-9-4-2-1-3-5-9/h1-7H,8H2,(H2,14,18)(H,15,19)/b16-7-. The van der Waals surface area contributed by atoms with Gasteiger partial charge in [0.1, 0.15) is 12.3 Å². The van der Waals surface area contributed by atoms with Gasteiger partial charge in [0.15, 0.2) is 17.3 Å². The van der Waals surface area contributed by atoms with E-state index in [0.29, 0.717) is 12.3 Å². The molecule has 0 spiro atoms. The molecule has 0 radical (unpaired) electrons. The summed E-state index contributed by atoms with van der Waals surface area (Å²) >= 11 is 0. The van der Waals surface area contributed by atoms with Crippen LogP contribution in [-0.2, 0) is 21.7 Å². The maximum atomic E-state index is 11.4. The Morgan fingerprint density at radius 1 is 1.30 bits per heavy atom. The van der Waals surface area contributed by atoms with Crippen LogP contribution in [0.5, 0.6) is 0 Å². The zero-order valence-electron chi connectivity index (χ0n) is 11.7. The van der Waals surface area contributed by atoms with E-state index in [1.54, 1.807) is 0 Å². The van der Waals surface area contributed by atoms with Crippen LogP contribution in [0.15, 0.2) is 46.1 Å². The molecule has 1 aromatic carbocycles. The van der Waals surface area contributed by atoms with Gasteiger partial charge in [0, 0.05) is 0 Å². The minimum Gasteiger partial charge on any atom is -0.391 e. The molecule has 0 saturated carbocycles. The summed E-state index contributed by atoms with van der Waals surface area (Å²) in [5, 5.41) is 3.79. The molecule has 1 aliphatic rings. The van der Waals surface area contributed by atoms with Crippen molar-refractivity contribution in [2.45, 2.75) is 6.61 Å². The number of amidine groups is 1. The van der Waals surface area contributed by atoms with Crippen LogP contribution in [0.3, 0.4) is 0 Å². The number of hydrogen-bond donors (Lipinski definition) is 2. The van der Waals surface area contributed by atoms with E-state index in [2.05, 4.69) is 24.2 Å². The Bertz CT molecular complexity index is 880. The Labute approximate surface area is 132 Å². The molecule has 0 amide bonds. The van der Waals surface area contributed by atoms with E-state index >= 15 is 0 Å². The van der Waals surface area contributed by atoms with Crippen LogP contribution >= 0.6 is 0 Å². The summed E-state index contributed by atoms with van der Waals surface area (Å²) < 4.78 is 28.2. The molecule has 0 bridgehead atoms. The fourth-order valence-corrected chi connectivity index (χ4v) is 2.60. The Hall–Kier alpha value is -3.01. The first-order chi connectivity index (χ1) is 11.0. The van der Waals surface area contributed by atoms with Crippen molar-refractivity contribution in [3.63, 3.8) is 0 Å². The summed E-state index contributed by atoms with van der Waals surface area (Å²) in [6.45, 7) is 0.319. The van der Waals surface area contributed by atoms with Gasteiger partial charge in [0.05, 0.1) is 12.4 Å². The monoisotopic (exact) mass is 332 g/mol. The summed E-state index contributed by atoms with van der Waals surface area (Å²) in [7, 11) is -3.86. The predicted octanol–water partition coefficient (Wildman–Crippen LogP) is 0.403. The molecule has 0 unspecified atom stereocenters. The molecule has 10 heteroatoms. The van der Waals surface area contributed by atoms with Gasteiger partial charge in [-0.3, -0.25) is 0 Å². The second-order valence-corrected chi connectivity index (χ2v) is 5.88. The van der Waals surface area contributed by atoms with Crippen molar-refractivity contribution in [1.82, 2.24) is 9.97 Å². The van der Waals surface area contributed by atoms with Crippen molar-refractivity contribution >= 4 is 28.1 Å². The zero-order valence-corrected chi connectivity index (χ0v) is 12.6. The summed E-state index contributed by atoms with van der Waals surface area (Å²) in [5.41, 5.74) is 7.06. The van der Waals surface area contributed by atoms with Crippen LogP contribution in [0, 0.1) is 0 Å². The quantitative estimate of drug-likeness (QED) is 0.615. The highest BCUT2D eigenvalue weighted by molar-refractivity contribution is 7.91. The first kappa shape index (κ1) is 14.9. The first-order valence-electron chi connectivity index (χ1n) is 6.48. The van der Waals surface area contributed by atoms with Crippen molar-refractivity contribution < 1.29 is 13.3 Å². The molecular formula is C13H12N6O3S. The minimum absolute atomic E-state index is 0.0276. The number of rotatable bonds is 4. The lowest BCUT2D eigenvalue weighted by atomic mass is 10.2. The van der Waals surface area contributed by atoms with Crippen LogP contribution in [0.2, 0.25) is 0 Å². The number of nitrogens with one attached hydrogen (secondary N) is 1. The maximum Gasteiger partial charge on any atom is 0.345 e. The molecule has 0 saturated heterocycles. The van der Waals surface area contributed by atoms with Crippen molar-refractivity contribution in [3.05, 3.63) is 53.5 Å². The number of benzene rings is 1. The number of hydrogen-bond acceptors (Lipinski definition) is 7. The van der Waals surface area contributed by atoms with Crippen LogP contribution in [0.1, 0.15) is 17.0 Å². The number of aromatic nitrogens is 2. The van der Waals surface area contributed by atoms with Crippen molar-refractivity contribution in [2.75, 3.05) is 4.72 Å². The van der Waals surface area contributed by atoms with Gasteiger partial charge in [-0.15, -0.1) is 4.40 Å². The number of nitrogens with two attached hydrogens (primary N) is 1. The molecule has 0 aliphatic carbocycles. The first-order valence-corrected chi connectivity index (χ1v) is 7.92. The smallest absolute Gasteiger partial charge is 0.345 e. The van der Waals surface area contributed by atoms with Crippen molar-refractivity contribution in [3.8, 4) is 0 Å². The second kappa shape index (κ2) is 6.01. The lowest BCUT2D eigenvalue weighted by Crippen LogP contribution is -2.28. The topological polar surface area (TPSA) is 132 Å². The summed E-state index contributed by atoms with van der Waals surface area (Å²) in [4.78, 5) is 13.2. The van der Waals surface area contributed by atoms with Crippen molar-refractivity contribution in [1.29, 1.82) is 0 Å². The minimum atomic E-state index is -3.86. The fraction of sp³-hybridized carbons (Fsp3) is 0.0769. The number of anilines is 1. The third kappa shape index (κ3) is 3.61. The van der Waals surface area contributed by atoms with Gasteiger partial charge < -0.3 is 10.6 Å².